The Labute approximate surface area is 126 Å². The predicted octanol–water partition coefficient (Wildman–Crippen LogP) is 2.15. The van der Waals surface area contributed by atoms with Crippen molar-refractivity contribution >= 4 is 21.6 Å². The number of anilines is 1. The standard InChI is InChI=1S/C15H22N2O3S/c1-2-3-10-16-15(18)13-6-8-14(9-7-13)17-11-4-5-12-21(17,19)20/h6-9H,2-5,10-12H2,1H3,(H,16,18). The third kappa shape index (κ3) is 3.97. The summed E-state index contributed by atoms with van der Waals surface area (Å²) in [5, 5.41) is 2.84. The molecule has 1 saturated heterocycles. The normalized spacial score (nSPS) is 17.5. The molecular weight excluding hydrogens is 288 g/mol. The average molecular weight is 310 g/mol. The van der Waals surface area contributed by atoms with Gasteiger partial charge in [-0.2, -0.15) is 0 Å². The molecule has 21 heavy (non-hydrogen) atoms. The summed E-state index contributed by atoms with van der Waals surface area (Å²) >= 11 is 0. The summed E-state index contributed by atoms with van der Waals surface area (Å²) in [6.07, 6.45) is 3.58. The number of rotatable bonds is 5. The first-order valence-electron chi connectivity index (χ1n) is 7.43. The van der Waals surface area contributed by atoms with Crippen LogP contribution in [0.15, 0.2) is 24.3 Å². The Bertz CT molecular complexity index is 581. The fraction of sp³-hybridized carbons (Fsp3) is 0.533. The molecule has 1 heterocycles. The molecule has 0 radical (unpaired) electrons. The van der Waals surface area contributed by atoms with Crippen molar-refractivity contribution in [3.63, 3.8) is 0 Å². The Balaban J connectivity index is 2.06. The van der Waals surface area contributed by atoms with E-state index in [2.05, 4.69) is 12.2 Å². The molecule has 1 amide bonds. The van der Waals surface area contributed by atoms with Gasteiger partial charge in [0.25, 0.3) is 5.91 Å². The fourth-order valence-electron chi connectivity index (χ4n) is 2.34. The maximum Gasteiger partial charge on any atom is 0.251 e. The van der Waals surface area contributed by atoms with Crippen LogP contribution in [0.3, 0.4) is 0 Å². The molecule has 0 aliphatic carbocycles. The lowest BCUT2D eigenvalue weighted by Crippen LogP contribution is -2.37. The van der Waals surface area contributed by atoms with Crippen molar-refractivity contribution in [1.29, 1.82) is 0 Å². The monoisotopic (exact) mass is 310 g/mol. The van der Waals surface area contributed by atoms with Crippen molar-refractivity contribution < 1.29 is 13.2 Å². The van der Waals surface area contributed by atoms with E-state index in [0.29, 0.717) is 24.3 Å². The van der Waals surface area contributed by atoms with Gasteiger partial charge in [-0.1, -0.05) is 13.3 Å². The highest BCUT2D eigenvalue weighted by atomic mass is 32.2. The number of unbranched alkanes of at least 4 members (excludes halogenated alkanes) is 1. The maximum atomic E-state index is 12.0. The number of carbonyl (C=O) groups is 1. The van der Waals surface area contributed by atoms with Crippen LogP contribution in [-0.4, -0.2) is 33.2 Å². The van der Waals surface area contributed by atoms with E-state index in [1.165, 1.54) is 4.31 Å². The van der Waals surface area contributed by atoms with E-state index in [0.717, 1.165) is 25.7 Å². The first-order chi connectivity index (χ1) is 10.0. The van der Waals surface area contributed by atoms with Crippen molar-refractivity contribution in [2.75, 3.05) is 23.1 Å². The van der Waals surface area contributed by atoms with E-state index < -0.39 is 10.0 Å². The zero-order valence-electron chi connectivity index (χ0n) is 12.3. The maximum absolute atomic E-state index is 12.0. The zero-order valence-corrected chi connectivity index (χ0v) is 13.2. The highest BCUT2D eigenvalue weighted by Gasteiger charge is 2.25. The van der Waals surface area contributed by atoms with E-state index in [9.17, 15) is 13.2 Å². The summed E-state index contributed by atoms with van der Waals surface area (Å²) in [6, 6.07) is 6.77. The van der Waals surface area contributed by atoms with Crippen LogP contribution < -0.4 is 9.62 Å². The van der Waals surface area contributed by atoms with Crippen molar-refractivity contribution in [3.05, 3.63) is 29.8 Å². The van der Waals surface area contributed by atoms with E-state index in [4.69, 9.17) is 0 Å². The summed E-state index contributed by atoms with van der Waals surface area (Å²) in [5.41, 5.74) is 1.20. The highest BCUT2D eigenvalue weighted by Crippen LogP contribution is 2.23. The summed E-state index contributed by atoms with van der Waals surface area (Å²) in [5.74, 6) is 0.0863. The number of amides is 1. The lowest BCUT2D eigenvalue weighted by atomic mass is 10.2. The van der Waals surface area contributed by atoms with Gasteiger partial charge in [-0.15, -0.1) is 0 Å². The number of nitrogens with one attached hydrogen (secondary N) is 1. The van der Waals surface area contributed by atoms with Gasteiger partial charge in [0, 0.05) is 18.7 Å². The lowest BCUT2D eigenvalue weighted by Gasteiger charge is -2.28. The minimum atomic E-state index is -3.19. The molecule has 0 atom stereocenters. The molecular formula is C15H22N2O3S. The fourth-order valence-corrected chi connectivity index (χ4v) is 3.98. The molecule has 1 N–H and O–H groups in total. The molecule has 0 unspecified atom stereocenters. The quantitative estimate of drug-likeness (QED) is 0.847. The van der Waals surface area contributed by atoms with Crippen LogP contribution in [-0.2, 0) is 10.0 Å². The van der Waals surface area contributed by atoms with E-state index in [-0.39, 0.29) is 11.7 Å². The number of carbonyl (C=O) groups excluding carboxylic acids is 1. The second-order valence-electron chi connectivity index (χ2n) is 5.25. The molecule has 1 fully saturated rings. The molecule has 116 valence electrons. The first kappa shape index (κ1) is 15.8. The minimum Gasteiger partial charge on any atom is -0.352 e. The summed E-state index contributed by atoms with van der Waals surface area (Å²) < 4.78 is 25.5. The first-order valence-corrected chi connectivity index (χ1v) is 9.04. The Kier molecular flexibility index (Phi) is 5.22. The Hall–Kier alpha value is -1.56. The number of nitrogens with zero attached hydrogens (tertiary/aromatic N) is 1. The van der Waals surface area contributed by atoms with Gasteiger partial charge < -0.3 is 5.32 Å². The van der Waals surface area contributed by atoms with Gasteiger partial charge in [0.1, 0.15) is 0 Å². The molecule has 5 nitrogen and oxygen atoms in total. The van der Waals surface area contributed by atoms with Crippen LogP contribution in [0.2, 0.25) is 0 Å². The summed E-state index contributed by atoms with van der Waals surface area (Å²) in [4.78, 5) is 11.9. The molecule has 0 aromatic heterocycles. The number of benzene rings is 1. The van der Waals surface area contributed by atoms with Crippen LogP contribution >= 0.6 is 0 Å². The van der Waals surface area contributed by atoms with Crippen molar-refractivity contribution in [1.82, 2.24) is 5.32 Å². The molecule has 0 spiro atoms. The largest absolute Gasteiger partial charge is 0.352 e. The third-order valence-corrected chi connectivity index (χ3v) is 5.45. The zero-order chi connectivity index (χ0) is 15.3. The van der Waals surface area contributed by atoms with Crippen LogP contribution in [0.25, 0.3) is 0 Å². The van der Waals surface area contributed by atoms with Crippen LogP contribution in [0.4, 0.5) is 5.69 Å². The lowest BCUT2D eigenvalue weighted by molar-refractivity contribution is 0.0953. The minimum absolute atomic E-state index is 0.114. The molecule has 0 bridgehead atoms. The van der Waals surface area contributed by atoms with E-state index in [1.54, 1.807) is 24.3 Å². The summed E-state index contributed by atoms with van der Waals surface area (Å²) in [7, 11) is -3.19. The Morgan fingerprint density at radius 2 is 1.95 bits per heavy atom. The predicted molar refractivity (Wildman–Crippen MR) is 84.1 cm³/mol. The third-order valence-electron chi connectivity index (χ3n) is 3.58. The Morgan fingerprint density at radius 3 is 2.57 bits per heavy atom. The van der Waals surface area contributed by atoms with Crippen molar-refractivity contribution in [2.24, 2.45) is 0 Å². The summed E-state index contributed by atoms with van der Waals surface area (Å²) in [6.45, 7) is 3.25. The average Bonchev–Trinajstić information content (AvgIpc) is 2.47. The molecule has 1 aromatic carbocycles. The van der Waals surface area contributed by atoms with Crippen LogP contribution in [0.5, 0.6) is 0 Å². The number of hydrogen-bond donors (Lipinski definition) is 1. The van der Waals surface area contributed by atoms with E-state index in [1.807, 2.05) is 0 Å². The Morgan fingerprint density at radius 1 is 1.24 bits per heavy atom. The van der Waals surface area contributed by atoms with Gasteiger partial charge in [0.15, 0.2) is 0 Å². The second-order valence-corrected chi connectivity index (χ2v) is 7.26. The van der Waals surface area contributed by atoms with Crippen LogP contribution in [0, 0.1) is 0 Å². The van der Waals surface area contributed by atoms with Gasteiger partial charge in [0.05, 0.1) is 11.4 Å². The molecule has 1 aromatic rings. The number of sulfonamides is 1. The van der Waals surface area contributed by atoms with Gasteiger partial charge >= 0.3 is 0 Å². The molecule has 1 aliphatic heterocycles. The van der Waals surface area contributed by atoms with Gasteiger partial charge in [0.2, 0.25) is 10.0 Å². The van der Waals surface area contributed by atoms with Crippen molar-refractivity contribution in [2.45, 2.75) is 32.6 Å². The molecule has 2 rings (SSSR count). The van der Waals surface area contributed by atoms with Gasteiger partial charge in [-0.25, -0.2) is 8.42 Å². The topological polar surface area (TPSA) is 66.5 Å². The smallest absolute Gasteiger partial charge is 0.251 e. The van der Waals surface area contributed by atoms with Crippen LogP contribution in [0.1, 0.15) is 43.0 Å². The molecule has 0 saturated carbocycles. The SMILES string of the molecule is CCCCNC(=O)c1ccc(N2CCCCS2(=O)=O)cc1. The van der Waals surface area contributed by atoms with Gasteiger partial charge in [-0.3, -0.25) is 9.10 Å². The highest BCUT2D eigenvalue weighted by molar-refractivity contribution is 7.92. The number of hydrogen-bond acceptors (Lipinski definition) is 3. The van der Waals surface area contributed by atoms with Crippen molar-refractivity contribution in [3.8, 4) is 0 Å². The van der Waals surface area contributed by atoms with E-state index >= 15 is 0 Å². The second kappa shape index (κ2) is 6.93. The van der Waals surface area contributed by atoms with Gasteiger partial charge in [-0.05, 0) is 43.5 Å². The molecule has 6 heteroatoms. The molecule has 1 aliphatic rings.